The first-order chi connectivity index (χ1) is 20.9. The number of carbonyl (C=O) groups is 1. The highest BCUT2D eigenvalue weighted by Gasteiger charge is 2.26. The number of nitrogens with two attached hydrogens (primary N) is 1. The highest BCUT2D eigenvalue weighted by atomic mass is 19.3. The second kappa shape index (κ2) is 10.6. The lowest BCUT2D eigenvalue weighted by molar-refractivity contribution is -0.0529. The van der Waals surface area contributed by atoms with Gasteiger partial charge in [-0.25, -0.2) is 24.6 Å². The molecule has 1 aliphatic carbocycles. The van der Waals surface area contributed by atoms with Crippen LogP contribution in [0.2, 0.25) is 0 Å². The minimum Gasteiger partial charge on any atom is -0.417 e. The molecular formula is C30H23F2N9O2. The molecule has 7 rings (SSSR count). The summed E-state index contributed by atoms with van der Waals surface area (Å²) < 4.78 is 33.2. The number of pyridine rings is 3. The van der Waals surface area contributed by atoms with Gasteiger partial charge >= 0.3 is 6.61 Å². The number of aromatic nitrogens is 7. The number of anilines is 1. The molecule has 0 saturated carbocycles. The van der Waals surface area contributed by atoms with Gasteiger partial charge in [0.2, 0.25) is 5.88 Å². The van der Waals surface area contributed by atoms with Gasteiger partial charge in [-0.1, -0.05) is 6.07 Å². The number of nitrogens with zero attached hydrogens (tertiary/aromatic N) is 7. The maximum absolute atomic E-state index is 13.0. The summed E-state index contributed by atoms with van der Waals surface area (Å²) in [6.07, 6.45) is 7.78. The van der Waals surface area contributed by atoms with Crippen LogP contribution in [0.4, 0.5) is 14.6 Å². The molecule has 1 aliphatic rings. The van der Waals surface area contributed by atoms with Crippen LogP contribution in [-0.4, -0.2) is 46.8 Å². The van der Waals surface area contributed by atoms with Crippen molar-refractivity contribution in [1.29, 1.82) is 0 Å². The van der Waals surface area contributed by atoms with Crippen LogP contribution in [0.25, 0.3) is 34.1 Å². The number of imidazole rings is 1. The van der Waals surface area contributed by atoms with E-state index >= 15 is 0 Å². The Labute approximate surface area is 243 Å². The number of amides is 1. The molecule has 1 atom stereocenters. The van der Waals surface area contributed by atoms with E-state index in [2.05, 4.69) is 31.2 Å². The fourth-order valence-corrected chi connectivity index (χ4v) is 5.35. The van der Waals surface area contributed by atoms with Crippen LogP contribution in [0.3, 0.4) is 0 Å². The molecule has 3 N–H and O–H groups in total. The number of alkyl halides is 2. The Morgan fingerprint density at radius 1 is 1.02 bits per heavy atom. The van der Waals surface area contributed by atoms with Crippen LogP contribution in [0, 0.1) is 0 Å². The number of nitrogens with one attached hydrogen (secondary N) is 1. The number of hydrogen-bond donors (Lipinski definition) is 2. The Hall–Kier alpha value is -5.72. The van der Waals surface area contributed by atoms with Crippen molar-refractivity contribution in [3.63, 3.8) is 0 Å². The molecule has 11 nitrogen and oxygen atoms in total. The van der Waals surface area contributed by atoms with Gasteiger partial charge < -0.3 is 15.8 Å². The fourth-order valence-electron chi connectivity index (χ4n) is 5.35. The number of benzene rings is 1. The standard InChI is InChI=1S/C30H23F2N9O2/c31-30(32)43-25-16-18(10-13-34-25)29(42)38-22-7-4-17-15-19(5-6-20(17)22)41-27(21-3-1-11-35-26(21)33)37-23-8-9-24(39-28(23)41)40-14-2-12-36-40/h1-3,5-6,8-16,22,30H,4,7H2,(H2,33,35)(H,38,42)/t22-/m0/s1. The zero-order valence-corrected chi connectivity index (χ0v) is 22.4. The van der Waals surface area contributed by atoms with Crippen LogP contribution in [0.15, 0.2) is 85.5 Å². The second-order valence-electron chi connectivity index (χ2n) is 9.88. The number of carbonyl (C=O) groups excluding carboxylic acids is 1. The van der Waals surface area contributed by atoms with Gasteiger partial charge in [0.15, 0.2) is 17.3 Å². The van der Waals surface area contributed by atoms with Crippen LogP contribution in [0.1, 0.15) is 33.9 Å². The Kier molecular flexibility index (Phi) is 6.46. The molecule has 1 aromatic carbocycles. The number of rotatable bonds is 7. The lowest BCUT2D eigenvalue weighted by Crippen LogP contribution is -2.27. The van der Waals surface area contributed by atoms with Crippen molar-refractivity contribution >= 4 is 22.9 Å². The third-order valence-electron chi connectivity index (χ3n) is 7.28. The predicted molar refractivity (Wildman–Crippen MR) is 153 cm³/mol. The van der Waals surface area contributed by atoms with Gasteiger partial charge in [0.05, 0.1) is 11.6 Å². The summed E-state index contributed by atoms with van der Waals surface area (Å²) in [7, 11) is 0. The first-order valence-electron chi connectivity index (χ1n) is 13.4. The largest absolute Gasteiger partial charge is 0.417 e. The van der Waals surface area contributed by atoms with E-state index in [1.54, 1.807) is 23.1 Å². The average molecular weight is 580 g/mol. The molecule has 0 unspecified atom stereocenters. The van der Waals surface area contributed by atoms with Gasteiger partial charge in [0, 0.05) is 42.1 Å². The summed E-state index contributed by atoms with van der Waals surface area (Å²) in [5, 5.41) is 7.32. The lowest BCUT2D eigenvalue weighted by atomic mass is 10.1. The molecule has 214 valence electrons. The van der Waals surface area contributed by atoms with Crippen LogP contribution in [0.5, 0.6) is 5.88 Å². The van der Waals surface area contributed by atoms with Crippen molar-refractivity contribution < 1.29 is 18.3 Å². The quantitative estimate of drug-likeness (QED) is 0.278. The summed E-state index contributed by atoms with van der Waals surface area (Å²) in [4.78, 5) is 30.7. The Balaban J connectivity index is 1.26. The maximum Gasteiger partial charge on any atom is 0.388 e. The van der Waals surface area contributed by atoms with Gasteiger partial charge in [-0.05, 0) is 72.5 Å². The molecule has 0 aliphatic heterocycles. The van der Waals surface area contributed by atoms with Gasteiger partial charge in [-0.3, -0.25) is 9.36 Å². The normalized spacial score (nSPS) is 14.3. The van der Waals surface area contributed by atoms with Gasteiger partial charge in [0.1, 0.15) is 11.3 Å². The molecule has 0 saturated heterocycles. The number of hydrogen-bond acceptors (Lipinski definition) is 8. The molecule has 0 radical (unpaired) electrons. The predicted octanol–water partition coefficient (Wildman–Crippen LogP) is 4.66. The van der Waals surface area contributed by atoms with Gasteiger partial charge in [-0.2, -0.15) is 13.9 Å². The summed E-state index contributed by atoms with van der Waals surface area (Å²) in [6, 6.07) is 17.6. The zero-order valence-electron chi connectivity index (χ0n) is 22.4. The van der Waals surface area contributed by atoms with E-state index in [-0.39, 0.29) is 17.5 Å². The van der Waals surface area contributed by atoms with E-state index in [4.69, 9.17) is 15.7 Å². The molecule has 6 aromatic rings. The molecular weight excluding hydrogens is 556 g/mol. The topological polar surface area (TPSA) is 139 Å². The smallest absolute Gasteiger partial charge is 0.388 e. The summed E-state index contributed by atoms with van der Waals surface area (Å²) >= 11 is 0. The Morgan fingerprint density at radius 2 is 1.93 bits per heavy atom. The van der Waals surface area contributed by atoms with Gasteiger partial charge in [-0.15, -0.1) is 0 Å². The Bertz CT molecular complexity index is 1970. The van der Waals surface area contributed by atoms with Crippen LogP contribution in [-0.2, 0) is 6.42 Å². The van der Waals surface area contributed by atoms with Crippen molar-refractivity contribution in [1.82, 2.24) is 39.6 Å². The van der Waals surface area contributed by atoms with E-state index in [9.17, 15) is 13.6 Å². The molecule has 5 aromatic heterocycles. The van der Waals surface area contributed by atoms with E-state index in [1.807, 2.05) is 47.2 Å². The zero-order chi connectivity index (χ0) is 29.5. The van der Waals surface area contributed by atoms with Crippen molar-refractivity contribution in [2.45, 2.75) is 25.5 Å². The van der Waals surface area contributed by atoms with Crippen LogP contribution < -0.4 is 15.8 Å². The molecule has 13 heteroatoms. The average Bonchev–Trinajstić information content (AvgIpc) is 3.76. The third-order valence-corrected chi connectivity index (χ3v) is 7.28. The van der Waals surface area contributed by atoms with Crippen molar-refractivity contribution in [2.75, 3.05) is 5.73 Å². The monoisotopic (exact) mass is 579 g/mol. The third kappa shape index (κ3) is 4.90. The highest BCUT2D eigenvalue weighted by Crippen LogP contribution is 2.36. The van der Waals surface area contributed by atoms with Gasteiger partial charge in [0.25, 0.3) is 5.91 Å². The fraction of sp³-hybridized carbons (Fsp3) is 0.133. The van der Waals surface area contributed by atoms with Crippen molar-refractivity contribution in [3.05, 3.63) is 102 Å². The summed E-state index contributed by atoms with van der Waals surface area (Å²) in [6.45, 7) is -3.03. The first-order valence-corrected chi connectivity index (χ1v) is 13.4. The lowest BCUT2D eigenvalue weighted by Gasteiger charge is -2.16. The molecule has 43 heavy (non-hydrogen) atoms. The minimum absolute atomic E-state index is 0.179. The van der Waals surface area contributed by atoms with Crippen molar-refractivity contribution in [3.8, 4) is 28.8 Å². The second-order valence-corrected chi connectivity index (χ2v) is 9.88. The van der Waals surface area contributed by atoms with E-state index in [0.717, 1.165) is 16.8 Å². The van der Waals surface area contributed by atoms with Crippen molar-refractivity contribution in [2.24, 2.45) is 0 Å². The first kappa shape index (κ1) is 26.2. The number of nitrogen functional groups attached to an aromatic ring is 1. The molecule has 0 spiro atoms. The number of fused-ring (bicyclic) bond motifs is 2. The minimum atomic E-state index is -3.03. The summed E-state index contributed by atoms with van der Waals surface area (Å²) in [5.74, 6) is 0.836. The molecule has 1 amide bonds. The highest BCUT2D eigenvalue weighted by molar-refractivity contribution is 5.94. The SMILES string of the molecule is Nc1ncccc1-c1nc2ccc(-n3cccn3)nc2n1-c1ccc2c(c1)CC[C@@H]2NC(=O)c1ccnc(OC(F)F)c1. The number of aryl methyl sites for hydroxylation is 1. The number of halogens is 2. The van der Waals surface area contributed by atoms with E-state index in [1.165, 1.54) is 18.3 Å². The molecule has 0 bridgehead atoms. The maximum atomic E-state index is 13.0. The Morgan fingerprint density at radius 3 is 2.74 bits per heavy atom. The molecule has 5 heterocycles. The summed E-state index contributed by atoms with van der Waals surface area (Å²) in [5.41, 5.74) is 11.2. The molecule has 0 fully saturated rings. The van der Waals surface area contributed by atoms with E-state index in [0.29, 0.717) is 47.0 Å². The van der Waals surface area contributed by atoms with Crippen LogP contribution >= 0.6 is 0 Å². The number of ether oxygens (including phenoxy) is 1. The van der Waals surface area contributed by atoms with E-state index < -0.39 is 12.5 Å².